The maximum Gasteiger partial charge on any atom is 0.338 e. The molecule has 1 aromatic carbocycles. The lowest BCUT2D eigenvalue weighted by molar-refractivity contribution is -0.139. The Morgan fingerprint density at radius 2 is 1.88 bits per heavy atom. The first-order valence-corrected chi connectivity index (χ1v) is 11.8. The predicted molar refractivity (Wildman–Crippen MR) is 130 cm³/mol. The Balaban J connectivity index is 1.91. The molecule has 184 valence electrons. The molecule has 0 spiro atoms. The predicted octanol–water partition coefficient (Wildman–Crippen LogP) is 2.49. The van der Waals surface area contributed by atoms with Crippen molar-refractivity contribution in [2.24, 2.45) is 0 Å². The summed E-state index contributed by atoms with van der Waals surface area (Å²) in [7, 11) is 0. The van der Waals surface area contributed by atoms with Crippen LogP contribution in [0.2, 0.25) is 0 Å². The summed E-state index contributed by atoms with van der Waals surface area (Å²) in [6, 6.07) is 8.52. The molecule has 0 aromatic heterocycles. The third-order valence-corrected chi connectivity index (χ3v) is 5.82. The van der Waals surface area contributed by atoms with Gasteiger partial charge in [0, 0.05) is 51.0 Å². The smallest absolute Gasteiger partial charge is 0.338 e. The Bertz CT molecular complexity index is 922. The zero-order valence-electron chi connectivity index (χ0n) is 20.3. The van der Waals surface area contributed by atoms with Crippen molar-refractivity contribution < 1.29 is 19.1 Å². The zero-order valence-corrected chi connectivity index (χ0v) is 20.3. The van der Waals surface area contributed by atoms with Gasteiger partial charge in [-0.05, 0) is 26.3 Å². The lowest BCUT2D eigenvalue weighted by Gasteiger charge is -2.40. The number of nitrogens with one attached hydrogen (secondary N) is 2. The fourth-order valence-corrected chi connectivity index (χ4v) is 4.20. The molecule has 0 unspecified atom stereocenters. The van der Waals surface area contributed by atoms with Crippen molar-refractivity contribution in [3.8, 4) is 0 Å². The van der Waals surface area contributed by atoms with E-state index in [2.05, 4.69) is 22.1 Å². The summed E-state index contributed by atoms with van der Waals surface area (Å²) in [5, 5.41) is 5.89. The summed E-state index contributed by atoms with van der Waals surface area (Å²) < 4.78 is 5.42. The molecule has 1 fully saturated rings. The Labute approximate surface area is 201 Å². The molecule has 0 bridgehead atoms. The van der Waals surface area contributed by atoms with Crippen LogP contribution in [-0.4, -0.2) is 84.6 Å². The van der Waals surface area contributed by atoms with Gasteiger partial charge in [-0.25, -0.2) is 14.4 Å². The molecule has 1 atom stereocenters. The highest BCUT2D eigenvalue weighted by molar-refractivity contribution is 5.95. The van der Waals surface area contributed by atoms with Crippen LogP contribution in [0.4, 0.5) is 9.59 Å². The minimum Gasteiger partial charge on any atom is -0.463 e. The van der Waals surface area contributed by atoms with Gasteiger partial charge in [0.05, 0.1) is 18.2 Å². The lowest BCUT2D eigenvalue weighted by atomic mass is 9.94. The molecular formula is C25H35N5O4. The van der Waals surface area contributed by atoms with Gasteiger partial charge in [0.1, 0.15) is 0 Å². The number of hydrogen-bond acceptors (Lipinski definition) is 5. The second-order valence-electron chi connectivity index (χ2n) is 8.64. The molecule has 2 heterocycles. The van der Waals surface area contributed by atoms with Crippen molar-refractivity contribution in [2.45, 2.75) is 32.9 Å². The van der Waals surface area contributed by atoms with Crippen molar-refractivity contribution in [1.29, 1.82) is 0 Å². The van der Waals surface area contributed by atoms with Crippen LogP contribution in [0.1, 0.15) is 32.4 Å². The van der Waals surface area contributed by atoms with Crippen molar-refractivity contribution in [3.63, 3.8) is 0 Å². The largest absolute Gasteiger partial charge is 0.463 e. The standard InChI is InChI=1S/C25H35N5O4/c1-5-12-30-20(17-28-13-15-29(16-14-28)24(32)26-18(3)4)21(23(31)34-6-2)22(27-25(30)33)19-10-8-7-9-11-19/h5,7-11,18,22H,1,6,12-17H2,2-4H3,(H,26,32)(H,27,33)/t22-/m0/s1. The molecule has 34 heavy (non-hydrogen) atoms. The molecule has 2 aliphatic rings. The van der Waals surface area contributed by atoms with Crippen LogP contribution in [0.25, 0.3) is 0 Å². The Morgan fingerprint density at radius 1 is 1.21 bits per heavy atom. The van der Waals surface area contributed by atoms with Gasteiger partial charge >= 0.3 is 18.0 Å². The highest BCUT2D eigenvalue weighted by Gasteiger charge is 2.38. The fraction of sp³-hybridized carbons (Fsp3) is 0.480. The van der Waals surface area contributed by atoms with Crippen LogP contribution in [0, 0.1) is 0 Å². The number of esters is 1. The molecule has 1 saturated heterocycles. The second kappa shape index (κ2) is 11.7. The summed E-state index contributed by atoms with van der Waals surface area (Å²) >= 11 is 0. The van der Waals surface area contributed by atoms with Crippen LogP contribution in [0.5, 0.6) is 0 Å². The summed E-state index contributed by atoms with van der Waals surface area (Å²) in [6.45, 7) is 12.7. The topological polar surface area (TPSA) is 94.2 Å². The Kier molecular flexibility index (Phi) is 8.70. The molecule has 9 nitrogen and oxygen atoms in total. The number of carbonyl (C=O) groups is 3. The molecule has 0 saturated carbocycles. The number of nitrogens with zero attached hydrogens (tertiary/aromatic N) is 3. The molecule has 0 aliphatic carbocycles. The van der Waals surface area contributed by atoms with Gasteiger partial charge < -0.3 is 20.3 Å². The van der Waals surface area contributed by atoms with Gasteiger partial charge in [-0.15, -0.1) is 6.58 Å². The molecule has 3 rings (SSSR count). The highest BCUT2D eigenvalue weighted by Crippen LogP contribution is 2.32. The number of rotatable bonds is 8. The lowest BCUT2D eigenvalue weighted by Crippen LogP contribution is -2.55. The number of hydrogen-bond donors (Lipinski definition) is 2. The molecule has 1 aromatic rings. The van der Waals surface area contributed by atoms with Gasteiger partial charge in [-0.3, -0.25) is 9.80 Å². The SMILES string of the molecule is C=CCN1C(=O)N[C@@H](c2ccccc2)C(C(=O)OCC)=C1CN1CCN(C(=O)NC(C)C)CC1. The van der Waals surface area contributed by atoms with E-state index >= 15 is 0 Å². The first-order chi connectivity index (χ1) is 16.3. The number of amides is 4. The van der Waals surface area contributed by atoms with Crippen LogP contribution in [0.3, 0.4) is 0 Å². The van der Waals surface area contributed by atoms with E-state index in [1.165, 1.54) is 0 Å². The van der Waals surface area contributed by atoms with Gasteiger partial charge in [-0.1, -0.05) is 36.4 Å². The normalized spacial score (nSPS) is 19.2. The van der Waals surface area contributed by atoms with Gasteiger partial charge in [0.25, 0.3) is 0 Å². The van der Waals surface area contributed by atoms with E-state index in [4.69, 9.17) is 4.74 Å². The zero-order chi connectivity index (χ0) is 24.7. The maximum atomic E-state index is 13.2. The first-order valence-electron chi connectivity index (χ1n) is 11.8. The Morgan fingerprint density at radius 3 is 2.47 bits per heavy atom. The minimum atomic E-state index is -0.609. The second-order valence-corrected chi connectivity index (χ2v) is 8.64. The van der Waals surface area contributed by atoms with E-state index in [1.54, 1.807) is 22.8 Å². The van der Waals surface area contributed by atoms with Crippen molar-refractivity contribution >= 4 is 18.0 Å². The number of urea groups is 2. The van der Waals surface area contributed by atoms with E-state index < -0.39 is 12.0 Å². The summed E-state index contributed by atoms with van der Waals surface area (Å²) in [4.78, 5) is 44.1. The third kappa shape index (κ3) is 5.96. The summed E-state index contributed by atoms with van der Waals surface area (Å²) in [5.41, 5.74) is 1.84. The maximum absolute atomic E-state index is 13.2. The van der Waals surface area contributed by atoms with Gasteiger partial charge in [0.2, 0.25) is 0 Å². The molecule has 0 radical (unpaired) electrons. The Hall–Kier alpha value is -3.33. The number of benzene rings is 1. The van der Waals surface area contributed by atoms with E-state index in [0.29, 0.717) is 44.0 Å². The summed E-state index contributed by atoms with van der Waals surface area (Å²) in [5.74, 6) is -0.449. The van der Waals surface area contributed by atoms with Crippen LogP contribution >= 0.6 is 0 Å². The average molecular weight is 470 g/mol. The fourth-order valence-electron chi connectivity index (χ4n) is 4.20. The van der Waals surface area contributed by atoms with E-state index in [0.717, 1.165) is 5.56 Å². The minimum absolute atomic E-state index is 0.0736. The van der Waals surface area contributed by atoms with Crippen molar-refractivity contribution in [2.75, 3.05) is 45.9 Å². The number of ether oxygens (including phenoxy) is 1. The van der Waals surface area contributed by atoms with Crippen LogP contribution < -0.4 is 10.6 Å². The van der Waals surface area contributed by atoms with Crippen LogP contribution in [0.15, 0.2) is 54.3 Å². The first kappa shape index (κ1) is 25.3. The molecule has 9 heteroatoms. The van der Waals surface area contributed by atoms with Crippen molar-refractivity contribution in [3.05, 3.63) is 59.8 Å². The average Bonchev–Trinajstić information content (AvgIpc) is 2.81. The molecule has 2 N–H and O–H groups in total. The van der Waals surface area contributed by atoms with E-state index in [1.807, 2.05) is 44.2 Å². The number of piperazine rings is 1. The highest BCUT2D eigenvalue weighted by atomic mass is 16.5. The molecule has 2 aliphatic heterocycles. The quantitative estimate of drug-likeness (QED) is 0.451. The summed E-state index contributed by atoms with van der Waals surface area (Å²) in [6.07, 6.45) is 1.64. The monoisotopic (exact) mass is 469 g/mol. The van der Waals surface area contributed by atoms with E-state index in [9.17, 15) is 14.4 Å². The number of carbonyl (C=O) groups excluding carboxylic acids is 3. The van der Waals surface area contributed by atoms with Crippen molar-refractivity contribution in [1.82, 2.24) is 25.3 Å². The van der Waals surface area contributed by atoms with Gasteiger partial charge in [-0.2, -0.15) is 0 Å². The van der Waals surface area contributed by atoms with E-state index in [-0.39, 0.29) is 31.3 Å². The molecule has 4 amide bonds. The third-order valence-electron chi connectivity index (χ3n) is 5.82. The molecular weight excluding hydrogens is 434 g/mol. The van der Waals surface area contributed by atoms with Gasteiger partial charge in [0.15, 0.2) is 0 Å². The van der Waals surface area contributed by atoms with Crippen LogP contribution in [-0.2, 0) is 9.53 Å².